The lowest BCUT2D eigenvalue weighted by atomic mass is 10.1. The highest BCUT2D eigenvalue weighted by Gasteiger charge is 2.19. The number of hydrogen-bond acceptors (Lipinski definition) is 2. The molecule has 104 valence electrons. The number of anilines is 2. The molecular formula is C14H10F3NO2. The van der Waals surface area contributed by atoms with Crippen molar-refractivity contribution in [3.63, 3.8) is 0 Å². The predicted molar refractivity (Wildman–Crippen MR) is 67.8 cm³/mol. The number of carboxylic acids is 1. The average Bonchev–Trinajstić information content (AvgIpc) is 2.37. The summed E-state index contributed by atoms with van der Waals surface area (Å²) in [4.78, 5) is 11.8. The number of hydrogen-bond donors (Lipinski definition) is 1. The summed E-state index contributed by atoms with van der Waals surface area (Å²) in [5.41, 5.74) is -0.692. The fourth-order valence-electron chi connectivity index (χ4n) is 1.82. The minimum Gasteiger partial charge on any atom is -0.478 e. The second-order valence-corrected chi connectivity index (χ2v) is 4.13. The van der Waals surface area contributed by atoms with Gasteiger partial charge in [-0.3, -0.25) is 0 Å². The lowest BCUT2D eigenvalue weighted by Crippen LogP contribution is -2.14. The molecule has 0 radical (unpaired) electrons. The Hall–Kier alpha value is -2.50. The average molecular weight is 281 g/mol. The second-order valence-electron chi connectivity index (χ2n) is 4.13. The van der Waals surface area contributed by atoms with Crippen LogP contribution in [-0.2, 0) is 0 Å². The van der Waals surface area contributed by atoms with Gasteiger partial charge < -0.3 is 10.0 Å². The van der Waals surface area contributed by atoms with Crippen LogP contribution in [-0.4, -0.2) is 18.1 Å². The Bertz CT molecular complexity index is 650. The highest BCUT2D eigenvalue weighted by Crippen LogP contribution is 2.30. The molecule has 0 amide bonds. The van der Waals surface area contributed by atoms with Crippen molar-refractivity contribution in [3.8, 4) is 0 Å². The van der Waals surface area contributed by atoms with Crippen molar-refractivity contribution in [3.05, 3.63) is 59.4 Å². The maximum absolute atomic E-state index is 13.9. The maximum atomic E-state index is 13.9. The summed E-state index contributed by atoms with van der Waals surface area (Å²) >= 11 is 0. The van der Waals surface area contributed by atoms with E-state index in [0.717, 1.165) is 23.1 Å². The molecule has 2 rings (SSSR count). The molecule has 0 bridgehead atoms. The molecule has 0 aliphatic rings. The van der Waals surface area contributed by atoms with Crippen molar-refractivity contribution < 1.29 is 23.1 Å². The zero-order valence-corrected chi connectivity index (χ0v) is 10.4. The standard InChI is InChI=1S/C14H10F3NO2/c1-18(10-4-2-3-9(15)7-10)13-11(16)5-8(14(19)20)6-12(13)17/h2-7H,1H3,(H,19,20). The normalized spacial score (nSPS) is 10.4. The monoisotopic (exact) mass is 281 g/mol. The van der Waals surface area contributed by atoms with Gasteiger partial charge in [-0.15, -0.1) is 0 Å². The summed E-state index contributed by atoms with van der Waals surface area (Å²) in [5.74, 6) is -4.04. The van der Waals surface area contributed by atoms with Crippen molar-refractivity contribution >= 4 is 17.3 Å². The molecule has 3 nitrogen and oxygen atoms in total. The third-order valence-corrected chi connectivity index (χ3v) is 2.79. The Labute approximate surface area is 112 Å². The lowest BCUT2D eigenvalue weighted by molar-refractivity contribution is 0.0696. The van der Waals surface area contributed by atoms with Crippen LogP contribution in [0.2, 0.25) is 0 Å². The van der Waals surface area contributed by atoms with E-state index in [4.69, 9.17) is 5.11 Å². The molecule has 0 aliphatic carbocycles. The van der Waals surface area contributed by atoms with Crippen LogP contribution >= 0.6 is 0 Å². The Morgan fingerprint density at radius 1 is 1.10 bits per heavy atom. The van der Waals surface area contributed by atoms with E-state index < -0.39 is 34.7 Å². The maximum Gasteiger partial charge on any atom is 0.335 e. The first-order chi connectivity index (χ1) is 9.40. The van der Waals surface area contributed by atoms with Crippen molar-refractivity contribution in [2.24, 2.45) is 0 Å². The van der Waals surface area contributed by atoms with Gasteiger partial charge in [-0.25, -0.2) is 18.0 Å². The van der Waals surface area contributed by atoms with Crippen LogP contribution in [0.4, 0.5) is 24.5 Å². The second kappa shape index (κ2) is 5.24. The van der Waals surface area contributed by atoms with Gasteiger partial charge in [-0.1, -0.05) is 6.07 Å². The van der Waals surface area contributed by atoms with Gasteiger partial charge in [-0.2, -0.15) is 0 Å². The summed E-state index contributed by atoms with van der Waals surface area (Å²) in [6, 6.07) is 6.64. The predicted octanol–water partition coefficient (Wildman–Crippen LogP) is 3.57. The third-order valence-electron chi connectivity index (χ3n) is 2.79. The highest BCUT2D eigenvalue weighted by molar-refractivity contribution is 5.88. The van der Waals surface area contributed by atoms with Crippen LogP contribution in [0.1, 0.15) is 10.4 Å². The molecule has 1 N–H and O–H groups in total. The molecule has 0 aromatic heterocycles. The zero-order chi connectivity index (χ0) is 14.9. The molecule has 0 spiro atoms. The Morgan fingerprint density at radius 2 is 1.70 bits per heavy atom. The summed E-state index contributed by atoms with van der Waals surface area (Å²) in [6.45, 7) is 0. The molecule has 6 heteroatoms. The first kappa shape index (κ1) is 13.9. The number of carbonyl (C=O) groups is 1. The van der Waals surface area contributed by atoms with Crippen LogP contribution in [0.15, 0.2) is 36.4 Å². The van der Waals surface area contributed by atoms with E-state index in [9.17, 15) is 18.0 Å². The van der Waals surface area contributed by atoms with E-state index in [-0.39, 0.29) is 5.69 Å². The van der Waals surface area contributed by atoms with Crippen molar-refractivity contribution in [1.29, 1.82) is 0 Å². The van der Waals surface area contributed by atoms with Crippen molar-refractivity contribution in [1.82, 2.24) is 0 Å². The molecule has 2 aromatic rings. The van der Waals surface area contributed by atoms with E-state index in [0.29, 0.717) is 0 Å². The highest BCUT2D eigenvalue weighted by atomic mass is 19.1. The van der Waals surface area contributed by atoms with Crippen molar-refractivity contribution in [2.75, 3.05) is 11.9 Å². The largest absolute Gasteiger partial charge is 0.478 e. The van der Waals surface area contributed by atoms with E-state index in [2.05, 4.69) is 0 Å². The molecule has 0 unspecified atom stereocenters. The number of rotatable bonds is 3. The van der Waals surface area contributed by atoms with E-state index >= 15 is 0 Å². The summed E-state index contributed by atoms with van der Waals surface area (Å²) in [7, 11) is 1.36. The van der Waals surface area contributed by atoms with Crippen LogP contribution in [0.3, 0.4) is 0 Å². The van der Waals surface area contributed by atoms with Crippen LogP contribution in [0.5, 0.6) is 0 Å². The summed E-state index contributed by atoms with van der Waals surface area (Å²) in [6.07, 6.45) is 0. The van der Waals surface area contributed by atoms with Gasteiger partial charge in [0, 0.05) is 12.7 Å². The van der Waals surface area contributed by atoms with E-state index in [1.165, 1.54) is 25.2 Å². The molecule has 0 fully saturated rings. The number of aromatic carboxylic acids is 1. The van der Waals surface area contributed by atoms with E-state index in [1.807, 2.05) is 0 Å². The van der Waals surface area contributed by atoms with Gasteiger partial charge in [0.2, 0.25) is 0 Å². The summed E-state index contributed by atoms with van der Waals surface area (Å²) < 4.78 is 40.9. The number of carboxylic acid groups (broad SMARTS) is 1. The third kappa shape index (κ3) is 2.59. The topological polar surface area (TPSA) is 40.5 Å². The minimum absolute atomic E-state index is 0.242. The van der Waals surface area contributed by atoms with Crippen molar-refractivity contribution in [2.45, 2.75) is 0 Å². The smallest absolute Gasteiger partial charge is 0.335 e. The van der Waals surface area contributed by atoms with Crippen LogP contribution in [0, 0.1) is 17.5 Å². The van der Waals surface area contributed by atoms with Gasteiger partial charge in [0.15, 0.2) is 11.6 Å². The molecule has 2 aromatic carbocycles. The van der Waals surface area contributed by atoms with E-state index in [1.54, 1.807) is 0 Å². The van der Waals surface area contributed by atoms with Crippen LogP contribution < -0.4 is 4.90 Å². The Kier molecular flexibility index (Phi) is 3.65. The van der Waals surface area contributed by atoms with Gasteiger partial charge >= 0.3 is 5.97 Å². The fourth-order valence-corrected chi connectivity index (χ4v) is 1.82. The SMILES string of the molecule is CN(c1cccc(F)c1)c1c(F)cc(C(=O)O)cc1F. The van der Waals surface area contributed by atoms with Gasteiger partial charge in [0.25, 0.3) is 0 Å². The molecule has 0 saturated heterocycles. The molecule has 0 atom stereocenters. The summed E-state index contributed by atoms with van der Waals surface area (Å²) in [5, 5.41) is 8.72. The zero-order valence-electron chi connectivity index (χ0n) is 10.4. The molecular weight excluding hydrogens is 271 g/mol. The van der Waals surface area contributed by atoms with Gasteiger partial charge in [0.1, 0.15) is 11.5 Å². The molecule has 20 heavy (non-hydrogen) atoms. The fraction of sp³-hybridized carbons (Fsp3) is 0.0714. The van der Waals surface area contributed by atoms with Crippen LogP contribution in [0.25, 0.3) is 0 Å². The number of halogens is 3. The molecule has 0 aliphatic heterocycles. The first-order valence-corrected chi connectivity index (χ1v) is 5.62. The number of benzene rings is 2. The molecule has 0 heterocycles. The Balaban J connectivity index is 2.50. The quantitative estimate of drug-likeness (QED) is 0.935. The first-order valence-electron chi connectivity index (χ1n) is 5.62. The van der Waals surface area contributed by atoms with Gasteiger partial charge in [0.05, 0.1) is 5.56 Å². The Morgan fingerprint density at radius 3 is 2.20 bits per heavy atom. The minimum atomic E-state index is -1.43. The lowest BCUT2D eigenvalue weighted by Gasteiger charge is -2.21. The molecule has 0 saturated carbocycles. The number of nitrogens with zero attached hydrogens (tertiary/aromatic N) is 1. The van der Waals surface area contributed by atoms with Gasteiger partial charge in [-0.05, 0) is 30.3 Å².